The highest BCUT2D eigenvalue weighted by molar-refractivity contribution is 7.99. The molecule has 0 radical (unpaired) electrons. The third-order valence-electron chi connectivity index (χ3n) is 3.17. The molecule has 130 valence electrons. The Morgan fingerprint density at radius 3 is 2.76 bits per heavy atom. The summed E-state index contributed by atoms with van der Waals surface area (Å²) in [6.07, 6.45) is -0.721. The summed E-state index contributed by atoms with van der Waals surface area (Å²) in [4.78, 5) is 0. The van der Waals surface area contributed by atoms with Crippen molar-refractivity contribution in [2.45, 2.75) is 11.3 Å². The van der Waals surface area contributed by atoms with E-state index in [9.17, 15) is 5.11 Å². The minimum absolute atomic E-state index is 0.0833. The van der Waals surface area contributed by atoms with E-state index in [1.165, 1.54) is 11.8 Å². The minimum Gasteiger partial charge on any atom is -0.489 e. The number of hydrogen-bond acceptors (Lipinski definition) is 6. The Labute approximate surface area is 158 Å². The van der Waals surface area contributed by atoms with E-state index < -0.39 is 6.10 Å². The fourth-order valence-electron chi connectivity index (χ4n) is 1.99. The Morgan fingerprint density at radius 1 is 1.16 bits per heavy atom. The van der Waals surface area contributed by atoms with E-state index in [0.717, 1.165) is 5.69 Å². The number of nitrogens with zero attached hydrogens (tertiary/aromatic N) is 4. The van der Waals surface area contributed by atoms with E-state index >= 15 is 0 Å². The second-order valence-electron chi connectivity index (χ2n) is 5.06. The van der Waals surface area contributed by atoms with Crippen molar-refractivity contribution < 1.29 is 9.84 Å². The lowest BCUT2D eigenvalue weighted by Crippen LogP contribution is -2.20. The number of thioether (sulfide) groups is 1. The molecule has 1 aromatic heterocycles. The zero-order valence-corrected chi connectivity index (χ0v) is 15.2. The van der Waals surface area contributed by atoms with E-state index in [1.54, 1.807) is 22.9 Å². The molecule has 0 aliphatic heterocycles. The lowest BCUT2D eigenvalue weighted by atomic mass is 10.3. The first-order valence-electron chi connectivity index (χ1n) is 7.36. The van der Waals surface area contributed by atoms with Gasteiger partial charge in [0.1, 0.15) is 12.4 Å². The van der Waals surface area contributed by atoms with Crippen LogP contribution in [0.3, 0.4) is 0 Å². The Morgan fingerprint density at radius 2 is 1.96 bits per heavy atom. The number of hydrogen-bond donors (Lipinski definition) is 1. The molecule has 1 heterocycles. The number of rotatable bonds is 7. The van der Waals surface area contributed by atoms with Crippen LogP contribution in [-0.2, 0) is 0 Å². The van der Waals surface area contributed by atoms with Crippen LogP contribution in [0.5, 0.6) is 5.75 Å². The van der Waals surface area contributed by atoms with E-state index in [0.29, 0.717) is 26.7 Å². The van der Waals surface area contributed by atoms with Crippen LogP contribution in [0, 0.1) is 0 Å². The molecule has 1 N–H and O–H groups in total. The van der Waals surface area contributed by atoms with Crippen molar-refractivity contribution in [3.8, 4) is 11.4 Å². The molecule has 0 saturated heterocycles. The number of para-hydroxylation sites is 1. The average Bonchev–Trinajstić information content (AvgIpc) is 3.10. The standard InChI is InChI=1S/C16H14Cl2N4O2S/c17-11-6-7-14(18)15(8-11)24-9-13(23)10-25-16-19-20-21-22(16)12-4-2-1-3-5-12/h1-8,13,23H,9-10H2/t13-/m1/s1. The van der Waals surface area contributed by atoms with Crippen LogP contribution in [0.25, 0.3) is 5.69 Å². The molecule has 0 spiro atoms. The maximum atomic E-state index is 10.1. The Kier molecular flexibility index (Phi) is 6.14. The van der Waals surface area contributed by atoms with Crippen LogP contribution in [0.2, 0.25) is 10.0 Å². The molecule has 0 aliphatic rings. The normalized spacial score (nSPS) is 12.1. The molecule has 0 bridgehead atoms. The molecule has 0 fully saturated rings. The summed E-state index contributed by atoms with van der Waals surface area (Å²) in [5.74, 6) is 0.804. The molecule has 0 saturated carbocycles. The minimum atomic E-state index is -0.721. The van der Waals surface area contributed by atoms with Crippen molar-refractivity contribution in [2.75, 3.05) is 12.4 Å². The van der Waals surface area contributed by atoms with Gasteiger partial charge in [0, 0.05) is 16.8 Å². The summed E-state index contributed by atoms with van der Waals surface area (Å²) < 4.78 is 7.14. The first-order chi connectivity index (χ1) is 12.1. The summed E-state index contributed by atoms with van der Waals surface area (Å²) in [5.41, 5.74) is 0.853. The van der Waals surface area contributed by atoms with Gasteiger partial charge in [-0.25, -0.2) is 0 Å². The Hall–Kier alpha value is -1.80. The molecule has 9 heteroatoms. The van der Waals surface area contributed by atoms with Gasteiger partial charge in [-0.05, 0) is 34.7 Å². The van der Waals surface area contributed by atoms with Gasteiger partial charge in [0.25, 0.3) is 0 Å². The largest absolute Gasteiger partial charge is 0.489 e. The smallest absolute Gasteiger partial charge is 0.214 e. The number of halogens is 2. The summed E-state index contributed by atoms with van der Waals surface area (Å²) in [5, 5.41) is 23.3. The molecule has 3 rings (SSSR count). The molecular formula is C16H14Cl2N4O2S. The van der Waals surface area contributed by atoms with Crippen molar-refractivity contribution >= 4 is 35.0 Å². The van der Waals surface area contributed by atoms with Gasteiger partial charge in [-0.1, -0.05) is 53.2 Å². The van der Waals surface area contributed by atoms with Gasteiger partial charge in [-0.3, -0.25) is 0 Å². The number of aliphatic hydroxyl groups excluding tert-OH is 1. The van der Waals surface area contributed by atoms with Crippen molar-refractivity contribution in [1.82, 2.24) is 20.2 Å². The number of ether oxygens (including phenoxy) is 1. The molecule has 2 aromatic carbocycles. The van der Waals surface area contributed by atoms with Crippen LogP contribution in [0.4, 0.5) is 0 Å². The average molecular weight is 397 g/mol. The first kappa shape index (κ1) is 18.0. The highest BCUT2D eigenvalue weighted by Crippen LogP contribution is 2.28. The molecule has 25 heavy (non-hydrogen) atoms. The van der Waals surface area contributed by atoms with Crippen LogP contribution in [-0.4, -0.2) is 43.8 Å². The quantitative estimate of drug-likeness (QED) is 0.616. The molecule has 6 nitrogen and oxygen atoms in total. The number of benzene rings is 2. The zero-order chi connectivity index (χ0) is 17.6. The van der Waals surface area contributed by atoms with E-state index in [2.05, 4.69) is 15.5 Å². The second kappa shape index (κ2) is 8.53. The van der Waals surface area contributed by atoms with Gasteiger partial charge in [0.2, 0.25) is 5.16 Å². The van der Waals surface area contributed by atoms with Gasteiger partial charge in [0.15, 0.2) is 0 Å². The molecule has 0 aliphatic carbocycles. The lowest BCUT2D eigenvalue weighted by Gasteiger charge is -2.13. The maximum absolute atomic E-state index is 10.1. The molecular weight excluding hydrogens is 383 g/mol. The van der Waals surface area contributed by atoms with Gasteiger partial charge < -0.3 is 9.84 Å². The first-order valence-corrected chi connectivity index (χ1v) is 9.10. The zero-order valence-electron chi connectivity index (χ0n) is 12.9. The Bertz CT molecular complexity index is 832. The molecule has 0 unspecified atom stereocenters. The summed E-state index contributed by atoms with van der Waals surface area (Å²) in [6.45, 7) is 0.0833. The van der Waals surface area contributed by atoms with Crippen molar-refractivity contribution in [1.29, 1.82) is 0 Å². The topological polar surface area (TPSA) is 73.1 Å². The third-order valence-corrected chi connectivity index (χ3v) is 4.78. The van der Waals surface area contributed by atoms with E-state index in [-0.39, 0.29) is 6.61 Å². The number of aliphatic hydroxyl groups is 1. The Balaban J connectivity index is 1.56. The fraction of sp³-hybridized carbons (Fsp3) is 0.188. The van der Waals surface area contributed by atoms with Crippen LogP contribution in [0.1, 0.15) is 0 Å². The van der Waals surface area contributed by atoms with Gasteiger partial charge in [-0.2, -0.15) is 4.68 Å². The van der Waals surface area contributed by atoms with E-state index in [1.807, 2.05) is 30.3 Å². The highest BCUT2D eigenvalue weighted by Gasteiger charge is 2.13. The van der Waals surface area contributed by atoms with E-state index in [4.69, 9.17) is 27.9 Å². The van der Waals surface area contributed by atoms with Gasteiger partial charge >= 0.3 is 0 Å². The SMILES string of the molecule is O[C@H](COc1cc(Cl)ccc1Cl)CSc1nnnn1-c1ccccc1. The van der Waals surface area contributed by atoms with Gasteiger partial charge in [-0.15, -0.1) is 5.10 Å². The van der Waals surface area contributed by atoms with Crippen LogP contribution in [0.15, 0.2) is 53.7 Å². The highest BCUT2D eigenvalue weighted by atomic mass is 35.5. The third kappa shape index (κ3) is 4.85. The van der Waals surface area contributed by atoms with Crippen molar-refractivity contribution in [3.63, 3.8) is 0 Å². The number of tetrazole rings is 1. The van der Waals surface area contributed by atoms with Crippen molar-refractivity contribution in [3.05, 3.63) is 58.6 Å². The molecule has 3 aromatic rings. The van der Waals surface area contributed by atoms with Crippen LogP contribution < -0.4 is 4.74 Å². The van der Waals surface area contributed by atoms with Crippen LogP contribution >= 0.6 is 35.0 Å². The predicted molar refractivity (Wildman–Crippen MR) is 97.8 cm³/mol. The summed E-state index contributed by atoms with van der Waals surface area (Å²) >= 11 is 13.3. The monoisotopic (exact) mass is 396 g/mol. The second-order valence-corrected chi connectivity index (χ2v) is 6.89. The fourth-order valence-corrected chi connectivity index (χ4v) is 3.12. The number of aromatic nitrogens is 4. The summed E-state index contributed by atoms with van der Waals surface area (Å²) in [7, 11) is 0. The lowest BCUT2D eigenvalue weighted by molar-refractivity contribution is 0.126. The molecule has 0 amide bonds. The van der Waals surface area contributed by atoms with Crippen molar-refractivity contribution in [2.24, 2.45) is 0 Å². The molecule has 1 atom stereocenters. The summed E-state index contributed by atoms with van der Waals surface area (Å²) in [6, 6.07) is 14.5. The maximum Gasteiger partial charge on any atom is 0.214 e. The predicted octanol–water partition coefficient (Wildman–Crippen LogP) is 3.50. The van der Waals surface area contributed by atoms with Gasteiger partial charge in [0.05, 0.1) is 16.8 Å².